The summed E-state index contributed by atoms with van der Waals surface area (Å²) >= 11 is 0. The van der Waals surface area contributed by atoms with Crippen molar-refractivity contribution in [2.45, 2.75) is 103 Å². The zero-order chi connectivity index (χ0) is 27.3. The van der Waals surface area contributed by atoms with Gasteiger partial charge in [0.05, 0.1) is 13.2 Å². The van der Waals surface area contributed by atoms with Crippen LogP contribution in [-0.4, -0.2) is 50.6 Å². The van der Waals surface area contributed by atoms with Gasteiger partial charge in [-0.25, -0.2) is 13.7 Å². The van der Waals surface area contributed by atoms with Crippen molar-refractivity contribution >= 4 is 23.5 Å². The largest absolute Gasteiger partial charge is 0.490 e. The summed E-state index contributed by atoms with van der Waals surface area (Å²) < 4.78 is 50.7. The van der Waals surface area contributed by atoms with E-state index in [1.165, 1.54) is 51.4 Å². The first-order valence-corrected chi connectivity index (χ1v) is 17.1. The standard InChI is InChI=1S/C21H45O12P3/c1-2-3-4-5-6-7-8-9-10-11-12-13-14-15-16-17-18-30-20-21(19-22)31-35(26,27)33-36(28,29)32-34(23,24)25/h9-10,21-22H,2-8,11-20H2,1H3,(H,26,27)(H,28,29)(H2,23,24,25)/b10-9-. The van der Waals surface area contributed by atoms with Gasteiger partial charge in [-0.1, -0.05) is 76.9 Å². The Bertz CT molecular complexity index is 712. The highest BCUT2D eigenvalue weighted by Crippen LogP contribution is 2.66. The average Bonchev–Trinajstić information content (AvgIpc) is 2.74. The minimum absolute atomic E-state index is 0.301. The molecular formula is C21H45O12P3. The van der Waals surface area contributed by atoms with Gasteiger partial charge in [0.15, 0.2) is 0 Å². The van der Waals surface area contributed by atoms with Crippen LogP contribution in [-0.2, 0) is 31.6 Å². The normalized spacial score (nSPS) is 16.7. The Morgan fingerprint density at radius 2 is 1.19 bits per heavy atom. The molecule has 0 heterocycles. The van der Waals surface area contributed by atoms with Gasteiger partial charge in [-0.3, -0.25) is 4.52 Å². The molecule has 12 nitrogen and oxygen atoms in total. The predicted octanol–water partition coefficient (Wildman–Crippen LogP) is 5.74. The van der Waals surface area contributed by atoms with Gasteiger partial charge in [-0.05, 0) is 32.1 Å². The molecule has 0 amide bonds. The lowest BCUT2D eigenvalue weighted by atomic mass is 10.1. The first-order valence-electron chi connectivity index (χ1n) is 12.6. The number of aliphatic hydroxyl groups is 1. The van der Waals surface area contributed by atoms with E-state index in [0.29, 0.717) is 6.61 Å². The van der Waals surface area contributed by atoms with Gasteiger partial charge >= 0.3 is 23.5 Å². The number of ether oxygens (including phenoxy) is 1. The van der Waals surface area contributed by atoms with E-state index in [2.05, 4.69) is 32.2 Å². The third-order valence-corrected chi connectivity index (χ3v) is 8.90. The molecule has 36 heavy (non-hydrogen) atoms. The maximum Gasteiger partial charge on any atom is 0.490 e. The second-order valence-electron chi connectivity index (χ2n) is 8.51. The van der Waals surface area contributed by atoms with Crippen molar-refractivity contribution in [2.24, 2.45) is 0 Å². The van der Waals surface area contributed by atoms with Crippen LogP contribution in [0.25, 0.3) is 0 Å². The maximum absolute atomic E-state index is 11.8. The van der Waals surface area contributed by atoms with Gasteiger partial charge in [-0.2, -0.15) is 8.62 Å². The van der Waals surface area contributed by atoms with E-state index >= 15 is 0 Å². The predicted molar refractivity (Wildman–Crippen MR) is 136 cm³/mol. The third-order valence-electron chi connectivity index (χ3n) is 5.01. The van der Waals surface area contributed by atoms with E-state index in [9.17, 15) is 23.7 Å². The van der Waals surface area contributed by atoms with Crippen LogP contribution < -0.4 is 0 Å². The number of hydrogen-bond donors (Lipinski definition) is 5. The van der Waals surface area contributed by atoms with Gasteiger partial charge in [0.2, 0.25) is 0 Å². The number of hydrogen-bond acceptors (Lipinski definition) is 8. The van der Waals surface area contributed by atoms with Crippen molar-refractivity contribution in [1.29, 1.82) is 0 Å². The minimum atomic E-state index is -5.60. The van der Waals surface area contributed by atoms with Crippen LogP contribution in [0.1, 0.15) is 96.8 Å². The van der Waals surface area contributed by atoms with Crippen LogP contribution in [0.3, 0.4) is 0 Å². The topological polar surface area (TPSA) is 189 Å². The number of phosphoric acid groups is 3. The van der Waals surface area contributed by atoms with E-state index in [0.717, 1.165) is 38.5 Å². The Balaban J connectivity index is 3.78. The summed E-state index contributed by atoms with van der Waals surface area (Å²) in [6.45, 7) is 1.48. The fourth-order valence-corrected chi connectivity index (χ4v) is 6.43. The molecule has 0 radical (unpaired) electrons. The van der Waals surface area contributed by atoms with E-state index in [-0.39, 0.29) is 6.61 Å². The fraction of sp³-hybridized carbons (Fsp3) is 0.905. The van der Waals surface area contributed by atoms with Crippen molar-refractivity contribution in [3.8, 4) is 0 Å². The van der Waals surface area contributed by atoms with Gasteiger partial charge in [0.25, 0.3) is 0 Å². The molecule has 5 N–H and O–H groups in total. The van der Waals surface area contributed by atoms with Crippen LogP contribution >= 0.6 is 23.5 Å². The molecule has 0 fully saturated rings. The molecule has 0 saturated carbocycles. The number of allylic oxidation sites excluding steroid dienone is 2. The smallest absolute Gasteiger partial charge is 0.394 e. The van der Waals surface area contributed by atoms with Gasteiger partial charge in [-0.15, -0.1) is 0 Å². The van der Waals surface area contributed by atoms with Crippen molar-refractivity contribution < 1.29 is 56.3 Å². The highest BCUT2D eigenvalue weighted by molar-refractivity contribution is 7.66. The molecule has 0 aliphatic rings. The second-order valence-corrected chi connectivity index (χ2v) is 12.9. The molecule has 0 aromatic heterocycles. The monoisotopic (exact) mass is 582 g/mol. The zero-order valence-corrected chi connectivity index (χ0v) is 23.9. The van der Waals surface area contributed by atoms with E-state index in [4.69, 9.17) is 19.4 Å². The highest BCUT2D eigenvalue weighted by Gasteiger charge is 2.41. The summed E-state index contributed by atoms with van der Waals surface area (Å²) in [4.78, 5) is 35.6. The lowest BCUT2D eigenvalue weighted by molar-refractivity contribution is 0.00410. The SMILES string of the molecule is CCCCCCCC/C=C\CCCCCCCCOCC(CO)OP(=O)(O)OP(=O)(O)OP(=O)(O)O. The van der Waals surface area contributed by atoms with Gasteiger partial charge in [0.1, 0.15) is 6.10 Å². The number of aliphatic hydroxyl groups excluding tert-OH is 1. The Morgan fingerprint density at radius 3 is 1.69 bits per heavy atom. The zero-order valence-electron chi connectivity index (χ0n) is 21.2. The van der Waals surface area contributed by atoms with Crippen molar-refractivity contribution in [3.63, 3.8) is 0 Å². The molecule has 0 aromatic rings. The molecule has 0 rings (SSSR count). The van der Waals surface area contributed by atoms with Crippen molar-refractivity contribution in [3.05, 3.63) is 12.2 Å². The number of unbranched alkanes of at least 4 members (excludes halogenated alkanes) is 12. The highest BCUT2D eigenvalue weighted by atomic mass is 31.3. The van der Waals surface area contributed by atoms with Crippen LogP contribution in [0.4, 0.5) is 0 Å². The minimum Gasteiger partial charge on any atom is -0.394 e. The van der Waals surface area contributed by atoms with E-state index in [1.807, 2.05) is 0 Å². The van der Waals surface area contributed by atoms with Crippen molar-refractivity contribution in [1.82, 2.24) is 0 Å². The first-order chi connectivity index (χ1) is 16.9. The lowest BCUT2D eigenvalue weighted by Crippen LogP contribution is -2.23. The molecule has 3 atom stereocenters. The maximum atomic E-state index is 11.8. The van der Waals surface area contributed by atoms with Gasteiger partial charge < -0.3 is 29.4 Å². The number of phosphoric ester groups is 1. The number of rotatable bonds is 25. The Hall–Kier alpha value is 0.0700. The van der Waals surface area contributed by atoms with Crippen LogP contribution in [0.2, 0.25) is 0 Å². The van der Waals surface area contributed by atoms with Crippen molar-refractivity contribution in [2.75, 3.05) is 19.8 Å². The lowest BCUT2D eigenvalue weighted by Gasteiger charge is -2.20. The molecule has 0 aliphatic heterocycles. The molecule has 3 unspecified atom stereocenters. The summed E-state index contributed by atoms with van der Waals surface area (Å²) in [5.74, 6) is 0. The summed E-state index contributed by atoms with van der Waals surface area (Å²) in [5, 5.41) is 9.23. The molecule has 0 aromatic carbocycles. The van der Waals surface area contributed by atoms with Gasteiger partial charge in [0, 0.05) is 6.61 Å². The van der Waals surface area contributed by atoms with Crippen LogP contribution in [0.5, 0.6) is 0 Å². The molecule has 15 heteroatoms. The summed E-state index contributed by atoms with van der Waals surface area (Å²) in [5.41, 5.74) is 0. The summed E-state index contributed by atoms with van der Waals surface area (Å²) in [7, 11) is -16.4. The fourth-order valence-electron chi connectivity index (χ4n) is 3.27. The molecule has 0 aliphatic carbocycles. The third kappa shape index (κ3) is 24.4. The second kappa shape index (κ2) is 21.0. The Kier molecular flexibility index (Phi) is 21.0. The average molecular weight is 583 g/mol. The molecule has 0 spiro atoms. The molecule has 0 bridgehead atoms. The van der Waals surface area contributed by atoms with Crippen LogP contribution in [0.15, 0.2) is 12.2 Å². The summed E-state index contributed by atoms with van der Waals surface area (Å²) in [6.07, 6.45) is 19.6. The molecule has 216 valence electrons. The van der Waals surface area contributed by atoms with E-state index in [1.54, 1.807) is 0 Å². The molecular weight excluding hydrogens is 537 g/mol. The Morgan fingerprint density at radius 1 is 0.694 bits per heavy atom. The molecule has 0 saturated heterocycles. The quantitative estimate of drug-likeness (QED) is 0.0499. The summed E-state index contributed by atoms with van der Waals surface area (Å²) in [6, 6.07) is 0. The van der Waals surface area contributed by atoms with E-state index < -0.39 is 36.2 Å². The first kappa shape index (κ1) is 36.1. The van der Waals surface area contributed by atoms with Crippen LogP contribution in [0, 0.1) is 0 Å². The Labute approximate surface area is 214 Å².